The van der Waals surface area contributed by atoms with Crippen LogP contribution in [0.25, 0.3) is 10.2 Å². The smallest absolute Gasteiger partial charge is 0.234 e. The topological polar surface area (TPSA) is 54.9 Å². The van der Waals surface area contributed by atoms with Crippen molar-refractivity contribution in [2.75, 3.05) is 11.1 Å². The zero-order chi connectivity index (χ0) is 18.8. The highest BCUT2D eigenvalue weighted by Crippen LogP contribution is 2.40. The fourth-order valence-corrected chi connectivity index (χ4v) is 5.55. The van der Waals surface area contributed by atoms with E-state index < -0.39 is 0 Å². The van der Waals surface area contributed by atoms with Crippen molar-refractivity contribution in [3.8, 4) is 0 Å². The van der Waals surface area contributed by atoms with Crippen molar-refractivity contribution in [3.05, 3.63) is 46.6 Å². The number of rotatable bonds is 5. The van der Waals surface area contributed by atoms with E-state index in [1.807, 2.05) is 41.7 Å². The lowest BCUT2D eigenvalue weighted by atomic mass is 9.97. The number of carbonyl (C=O) groups is 1. The zero-order valence-corrected chi connectivity index (χ0v) is 17.3. The molecule has 27 heavy (non-hydrogen) atoms. The number of nitrogens with zero attached hydrogens (tertiary/aromatic N) is 2. The molecule has 1 aliphatic carbocycles. The van der Waals surface area contributed by atoms with Gasteiger partial charge in [0.1, 0.15) is 15.7 Å². The molecule has 1 N–H and O–H groups in total. The molecule has 0 spiro atoms. The van der Waals surface area contributed by atoms with E-state index in [0.717, 1.165) is 34.2 Å². The van der Waals surface area contributed by atoms with Gasteiger partial charge in [-0.05, 0) is 43.4 Å². The standard InChI is InChI=1S/C21H23N3OS2/c1-13(2)19-23-20(26-12-17(25)22-14-8-4-3-5-9-14)18-15-10-6-7-11-16(15)27-21(18)24-19/h3-5,8-9,13H,6-7,10-12H2,1-2H3,(H,22,25). The van der Waals surface area contributed by atoms with E-state index in [-0.39, 0.29) is 11.8 Å². The second-order valence-electron chi connectivity index (χ2n) is 7.14. The average Bonchev–Trinajstić information content (AvgIpc) is 3.05. The van der Waals surface area contributed by atoms with E-state index >= 15 is 0 Å². The van der Waals surface area contributed by atoms with E-state index in [4.69, 9.17) is 9.97 Å². The Morgan fingerprint density at radius 2 is 1.96 bits per heavy atom. The van der Waals surface area contributed by atoms with Crippen LogP contribution in [0.3, 0.4) is 0 Å². The fourth-order valence-electron chi connectivity index (χ4n) is 3.35. The third kappa shape index (κ3) is 4.01. The number of hydrogen-bond acceptors (Lipinski definition) is 5. The van der Waals surface area contributed by atoms with Gasteiger partial charge < -0.3 is 5.32 Å². The minimum absolute atomic E-state index is 0.00634. The predicted molar refractivity (Wildman–Crippen MR) is 114 cm³/mol. The number of benzene rings is 1. The largest absolute Gasteiger partial charge is 0.325 e. The van der Waals surface area contributed by atoms with Crippen molar-refractivity contribution in [1.82, 2.24) is 9.97 Å². The number of thioether (sulfide) groups is 1. The summed E-state index contributed by atoms with van der Waals surface area (Å²) in [5, 5.41) is 5.11. The molecule has 1 aliphatic rings. The molecule has 4 nitrogen and oxygen atoms in total. The molecule has 0 radical (unpaired) electrons. The molecule has 6 heteroatoms. The molecule has 140 valence electrons. The number of nitrogens with one attached hydrogen (secondary N) is 1. The molecule has 0 atom stereocenters. The average molecular weight is 398 g/mol. The Morgan fingerprint density at radius 3 is 2.74 bits per heavy atom. The van der Waals surface area contributed by atoms with Crippen molar-refractivity contribution >= 4 is 44.9 Å². The number of aromatic nitrogens is 2. The maximum Gasteiger partial charge on any atom is 0.234 e. The van der Waals surface area contributed by atoms with Gasteiger partial charge in [-0.3, -0.25) is 4.79 Å². The van der Waals surface area contributed by atoms with E-state index in [1.54, 1.807) is 0 Å². The number of fused-ring (bicyclic) bond motifs is 3. The van der Waals surface area contributed by atoms with Gasteiger partial charge in [-0.25, -0.2) is 9.97 Å². The first kappa shape index (κ1) is 18.4. The molecule has 4 rings (SSSR count). The first-order chi connectivity index (χ1) is 13.1. The lowest BCUT2D eigenvalue weighted by Gasteiger charge is -2.13. The second kappa shape index (κ2) is 7.98. The number of thiophene rings is 1. The molecule has 1 aromatic carbocycles. The Balaban J connectivity index is 1.61. The highest BCUT2D eigenvalue weighted by Gasteiger charge is 2.22. The number of para-hydroxylation sites is 1. The summed E-state index contributed by atoms with van der Waals surface area (Å²) in [6.07, 6.45) is 4.73. The Hall–Kier alpha value is -1.92. The quantitative estimate of drug-likeness (QED) is 0.461. The van der Waals surface area contributed by atoms with Gasteiger partial charge in [-0.2, -0.15) is 0 Å². The molecule has 0 bridgehead atoms. The van der Waals surface area contributed by atoms with Crippen LogP contribution in [0, 0.1) is 0 Å². The first-order valence-electron chi connectivity index (χ1n) is 9.41. The Kier molecular flexibility index (Phi) is 5.45. The molecular weight excluding hydrogens is 374 g/mol. The van der Waals surface area contributed by atoms with Crippen molar-refractivity contribution in [2.45, 2.75) is 50.5 Å². The summed E-state index contributed by atoms with van der Waals surface area (Å²) < 4.78 is 0. The van der Waals surface area contributed by atoms with E-state index in [0.29, 0.717) is 5.75 Å². The third-order valence-electron chi connectivity index (χ3n) is 4.71. The molecule has 0 unspecified atom stereocenters. The third-order valence-corrected chi connectivity index (χ3v) is 6.87. The van der Waals surface area contributed by atoms with Gasteiger partial charge >= 0.3 is 0 Å². The summed E-state index contributed by atoms with van der Waals surface area (Å²) in [6.45, 7) is 4.23. The van der Waals surface area contributed by atoms with Crippen LogP contribution in [0.2, 0.25) is 0 Å². The Bertz CT molecular complexity index is 966. The number of amides is 1. The lowest BCUT2D eigenvalue weighted by Crippen LogP contribution is -2.14. The maximum absolute atomic E-state index is 12.4. The monoisotopic (exact) mass is 397 g/mol. The van der Waals surface area contributed by atoms with Gasteiger partial charge in [-0.15, -0.1) is 11.3 Å². The van der Waals surface area contributed by atoms with Crippen LogP contribution >= 0.6 is 23.1 Å². The highest BCUT2D eigenvalue weighted by molar-refractivity contribution is 8.00. The first-order valence-corrected chi connectivity index (χ1v) is 11.2. The SMILES string of the molecule is CC(C)c1nc(SCC(=O)Nc2ccccc2)c2c3c(sc2n1)CCCC3. The molecular formula is C21H23N3OS2. The van der Waals surface area contributed by atoms with Crippen LogP contribution in [0.15, 0.2) is 35.4 Å². The van der Waals surface area contributed by atoms with Gasteiger partial charge in [0, 0.05) is 21.9 Å². The van der Waals surface area contributed by atoms with Crippen molar-refractivity contribution in [3.63, 3.8) is 0 Å². The van der Waals surface area contributed by atoms with Crippen LogP contribution in [0.4, 0.5) is 5.69 Å². The summed E-state index contributed by atoms with van der Waals surface area (Å²) in [5.74, 6) is 1.48. The van der Waals surface area contributed by atoms with Crippen LogP contribution in [0.5, 0.6) is 0 Å². The highest BCUT2D eigenvalue weighted by atomic mass is 32.2. The normalized spacial score (nSPS) is 13.7. The van der Waals surface area contributed by atoms with E-state index in [9.17, 15) is 4.79 Å². The number of carbonyl (C=O) groups excluding carboxylic acids is 1. The lowest BCUT2D eigenvalue weighted by molar-refractivity contribution is -0.113. The number of hydrogen-bond donors (Lipinski definition) is 1. The molecule has 0 aliphatic heterocycles. The molecule has 2 heterocycles. The Labute approximate surface area is 167 Å². The Morgan fingerprint density at radius 1 is 1.19 bits per heavy atom. The fraction of sp³-hybridized carbons (Fsp3) is 0.381. The molecule has 0 saturated heterocycles. The van der Waals surface area contributed by atoms with Crippen LogP contribution in [-0.2, 0) is 17.6 Å². The molecule has 3 aromatic rings. The predicted octanol–water partition coefficient (Wildman–Crippen LogP) is 5.42. The van der Waals surface area contributed by atoms with Crippen molar-refractivity contribution in [1.29, 1.82) is 0 Å². The summed E-state index contributed by atoms with van der Waals surface area (Å²) in [6, 6.07) is 9.58. The molecule has 0 saturated carbocycles. The van der Waals surface area contributed by atoms with Crippen LogP contribution in [0.1, 0.15) is 48.9 Å². The van der Waals surface area contributed by atoms with Gasteiger partial charge in [-0.1, -0.05) is 43.8 Å². The van der Waals surface area contributed by atoms with Gasteiger partial charge in [0.15, 0.2) is 0 Å². The van der Waals surface area contributed by atoms with E-state index in [1.165, 1.54) is 40.4 Å². The minimum Gasteiger partial charge on any atom is -0.325 e. The number of aryl methyl sites for hydroxylation is 2. The minimum atomic E-state index is -0.00634. The summed E-state index contributed by atoms with van der Waals surface area (Å²) in [7, 11) is 0. The molecule has 2 aromatic heterocycles. The van der Waals surface area contributed by atoms with Crippen molar-refractivity contribution < 1.29 is 4.79 Å². The van der Waals surface area contributed by atoms with Crippen LogP contribution < -0.4 is 5.32 Å². The summed E-state index contributed by atoms with van der Waals surface area (Å²) in [5.41, 5.74) is 2.24. The van der Waals surface area contributed by atoms with Crippen molar-refractivity contribution in [2.24, 2.45) is 0 Å². The molecule has 0 fully saturated rings. The van der Waals surface area contributed by atoms with Crippen LogP contribution in [-0.4, -0.2) is 21.6 Å². The van der Waals surface area contributed by atoms with E-state index in [2.05, 4.69) is 19.2 Å². The maximum atomic E-state index is 12.4. The summed E-state index contributed by atoms with van der Waals surface area (Å²) in [4.78, 5) is 24.6. The zero-order valence-electron chi connectivity index (χ0n) is 15.6. The summed E-state index contributed by atoms with van der Waals surface area (Å²) >= 11 is 3.35. The number of anilines is 1. The van der Waals surface area contributed by atoms with Gasteiger partial charge in [0.05, 0.1) is 5.75 Å². The second-order valence-corrected chi connectivity index (χ2v) is 9.18. The van der Waals surface area contributed by atoms with Gasteiger partial charge in [0.25, 0.3) is 0 Å². The molecule has 1 amide bonds. The van der Waals surface area contributed by atoms with Gasteiger partial charge in [0.2, 0.25) is 5.91 Å².